The molecular formula is C14H23N7S. The normalized spacial score (nSPS) is 11.7. The zero-order valence-corrected chi connectivity index (χ0v) is 14.2. The Hall–Kier alpha value is -1.96. The lowest BCUT2D eigenvalue weighted by Crippen LogP contribution is -2.38. The lowest BCUT2D eigenvalue weighted by Gasteiger charge is -2.11. The van der Waals surface area contributed by atoms with E-state index in [1.807, 2.05) is 6.20 Å². The molecule has 0 saturated heterocycles. The Morgan fingerprint density at radius 3 is 2.91 bits per heavy atom. The van der Waals surface area contributed by atoms with E-state index in [2.05, 4.69) is 56.1 Å². The van der Waals surface area contributed by atoms with Crippen molar-refractivity contribution >= 4 is 17.3 Å². The predicted molar refractivity (Wildman–Crippen MR) is 89.1 cm³/mol. The van der Waals surface area contributed by atoms with Gasteiger partial charge in [-0.3, -0.25) is 0 Å². The standard InChI is InChI=1S/C14H23N7S/c1-4-12-20-19-10-21(12)7-6-16-14(15-5-2)18-9-13-17-8-11(3)22-13/h8,10H,4-7,9H2,1-3H3,(H2,15,16,18). The molecule has 2 rings (SSSR count). The average Bonchev–Trinajstić information content (AvgIpc) is 3.13. The fraction of sp³-hybridized carbons (Fsp3) is 0.571. The van der Waals surface area contributed by atoms with Crippen molar-refractivity contribution in [3.05, 3.63) is 28.2 Å². The summed E-state index contributed by atoms with van der Waals surface area (Å²) < 4.78 is 2.06. The minimum atomic E-state index is 0.598. The van der Waals surface area contributed by atoms with Gasteiger partial charge in [0.2, 0.25) is 0 Å². The number of aromatic nitrogens is 4. The van der Waals surface area contributed by atoms with Crippen LogP contribution in [0.1, 0.15) is 29.6 Å². The molecule has 0 atom stereocenters. The molecule has 2 aromatic rings. The molecule has 0 aliphatic rings. The van der Waals surface area contributed by atoms with Gasteiger partial charge in [0.1, 0.15) is 17.2 Å². The third-order valence-electron chi connectivity index (χ3n) is 3.04. The van der Waals surface area contributed by atoms with Gasteiger partial charge in [0, 0.05) is 37.1 Å². The van der Waals surface area contributed by atoms with E-state index in [0.717, 1.165) is 42.8 Å². The van der Waals surface area contributed by atoms with E-state index in [9.17, 15) is 0 Å². The van der Waals surface area contributed by atoms with Crippen LogP contribution in [-0.2, 0) is 19.5 Å². The van der Waals surface area contributed by atoms with Crippen LogP contribution in [0.5, 0.6) is 0 Å². The van der Waals surface area contributed by atoms with Crippen LogP contribution in [0.2, 0.25) is 0 Å². The third kappa shape index (κ3) is 4.80. The number of nitrogens with zero attached hydrogens (tertiary/aromatic N) is 5. The number of hydrogen-bond donors (Lipinski definition) is 2. The van der Waals surface area contributed by atoms with Crippen molar-refractivity contribution < 1.29 is 0 Å². The first kappa shape index (κ1) is 16.4. The average molecular weight is 321 g/mol. The van der Waals surface area contributed by atoms with Crippen LogP contribution in [0.25, 0.3) is 0 Å². The SMILES string of the molecule is CCNC(=NCc1ncc(C)s1)NCCn1cnnc1CC. The van der Waals surface area contributed by atoms with Crippen LogP contribution >= 0.6 is 11.3 Å². The van der Waals surface area contributed by atoms with Crippen LogP contribution in [-0.4, -0.2) is 38.8 Å². The summed E-state index contributed by atoms with van der Waals surface area (Å²) in [4.78, 5) is 10.1. The van der Waals surface area contributed by atoms with E-state index in [4.69, 9.17) is 0 Å². The Bertz CT molecular complexity index is 602. The summed E-state index contributed by atoms with van der Waals surface area (Å²) in [7, 11) is 0. The maximum absolute atomic E-state index is 4.56. The molecule has 0 aliphatic heterocycles. The monoisotopic (exact) mass is 321 g/mol. The molecule has 0 aliphatic carbocycles. The topological polar surface area (TPSA) is 80.0 Å². The van der Waals surface area contributed by atoms with Crippen molar-refractivity contribution in [3.8, 4) is 0 Å². The van der Waals surface area contributed by atoms with Gasteiger partial charge in [0.05, 0.1) is 6.54 Å². The van der Waals surface area contributed by atoms with Gasteiger partial charge in [-0.2, -0.15) is 0 Å². The van der Waals surface area contributed by atoms with Gasteiger partial charge < -0.3 is 15.2 Å². The maximum Gasteiger partial charge on any atom is 0.191 e. The van der Waals surface area contributed by atoms with E-state index in [-0.39, 0.29) is 0 Å². The predicted octanol–water partition coefficient (Wildman–Crippen LogP) is 1.36. The molecule has 0 amide bonds. The van der Waals surface area contributed by atoms with Crippen LogP contribution in [0.4, 0.5) is 0 Å². The molecule has 2 heterocycles. The maximum atomic E-state index is 4.56. The van der Waals surface area contributed by atoms with Crippen molar-refractivity contribution in [1.82, 2.24) is 30.4 Å². The van der Waals surface area contributed by atoms with E-state index in [0.29, 0.717) is 6.54 Å². The Labute approximate surface area is 134 Å². The first-order chi connectivity index (χ1) is 10.7. The number of thiazole rings is 1. The van der Waals surface area contributed by atoms with Crippen LogP contribution in [0.15, 0.2) is 17.5 Å². The highest BCUT2D eigenvalue weighted by molar-refractivity contribution is 7.11. The molecule has 0 radical (unpaired) electrons. The lowest BCUT2D eigenvalue weighted by atomic mass is 10.4. The van der Waals surface area contributed by atoms with Gasteiger partial charge in [-0.25, -0.2) is 9.98 Å². The molecule has 2 aromatic heterocycles. The van der Waals surface area contributed by atoms with Gasteiger partial charge in [-0.1, -0.05) is 6.92 Å². The van der Waals surface area contributed by atoms with Crippen molar-refractivity contribution in [1.29, 1.82) is 0 Å². The minimum absolute atomic E-state index is 0.598. The van der Waals surface area contributed by atoms with E-state index in [1.165, 1.54) is 4.88 Å². The fourth-order valence-electron chi connectivity index (χ4n) is 2.00. The van der Waals surface area contributed by atoms with E-state index >= 15 is 0 Å². The quantitative estimate of drug-likeness (QED) is 0.594. The summed E-state index contributed by atoms with van der Waals surface area (Å²) in [6, 6.07) is 0. The molecule has 0 saturated carbocycles. The van der Waals surface area contributed by atoms with Gasteiger partial charge in [0.25, 0.3) is 0 Å². The van der Waals surface area contributed by atoms with Crippen molar-refractivity contribution in [2.75, 3.05) is 13.1 Å². The number of aliphatic imine (C=N–C) groups is 1. The first-order valence-corrected chi connectivity index (χ1v) is 8.34. The second kappa shape index (κ2) is 8.47. The summed E-state index contributed by atoms with van der Waals surface area (Å²) >= 11 is 1.68. The van der Waals surface area contributed by atoms with E-state index < -0.39 is 0 Å². The van der Waals surface area contributed by atoms with Crippen molar-refractivity contribution in [3.63, 3.8) is 0 Å². The van der Waals surface area contributed by atoms with Gasteiger partial charge in [-0.05, 0) is 13.8 Å². The molecule has 120 valence electrons. The van der Waals surface area contributed by atoms with Crippen LogP contribution in [0, 0.1) is 6.92 Å². The second-order valence-corrected chi connectivity index (χ2v) is 6.10. The van der Waals surface area contributed by atoms with Gasteiger partial charge >= 0.3 is 0 Å². The molecule has 0 unspecified atom stereocenters. The summed E-state index contributed by atoms with van der Waals surface area (Å²) in [5, 5.41) is 15.6. The zero-order valence-electron chi connectivity index (χ0n) is 13.3. The molecule has 2 N–H and O–H groups in total. The van der Waals surface area contributed by atoms with Crippen LogP contribution < -0.4 is 10.6 Å². The van der Waals surface area contributed by atoms with Gasteiger partial charge in [-0.15, -0.1) is 21.5 Å². The molecule has 7 nitrogen and oxygen atoms in total. The Balaban J connectivity index is 1.85. The largest absolute Gasteiger partial charge is 0.357 e. The highest BCUT2D eigenvalue weighted by Crippen LogP contribution is 2.11. The third-order valence-corrected chi connectivity index (χ3v) is 3.94. The fourth-order valence-corrected chi connectivity index (χ4v) is 2.71. The molecule has 0 bridgehead atoms. The summed E-state index contributed by atoms with van der Waals surface area (Å²) in [6.07, 6.45) is 4.54. The second-order valence-electron chi connectivity index (χ2n) is 4.78. The van der Waals surface area contributed by atoms with Crippen molar-refractivity contribution in [2.24, 2.45) is 4.99 Å². The smallest absolute Gasteiger partial charge is 0.191 e. The number of hydrogen-bond acceptors (Lipinski definition) is 5. The van der Waals surface area contributed by atoms with Gasteiger partial charge in [0.15, 0.2) is 5.96 Å². The zero-order chi connectivity index (χ0) is 15.8. The summed E-state index contributed by atoms with van der Waals surface area (Å²) in [6.45, 7) is 9.20. The Morgan fingerprint density at radius 2 is 2.23 bits per heavy atom. The summed E-state index contributed by atoms with van der Waals surface area (Å²) in [5.74, 6) is 1.81. The highest BCUT2D eigenvalue weighted by Gasteiger charge is 2.03. The minimum Gasteiger partial charge on any atom is -0.357 e. The number of rotatable bonds is 7. The molecular weight excluding hydrogens is 298 g/mol. The highest BCUT2D eigenvalue weighted by atomic mass is 32.1. The molecule has 8 heteroatoms. The summed E-state index contributed by atoms with van der Waals surface area (Å²) in [5.41, 5.74) is 0. The van der Waals surface area contributed by atoms with Crippen molar-refractivity contribution in [2.45, 2.75) is 40.3 Å². The van der Waals surface area contributed by atoms with E-state index in [1.54, 1.807) is 17.7 Å². The molecule has 0 aromatic carbocycles. The molecule has 22 heavy (non-hydrogen) atoms. The van der Waals surface area contributed by atoms with Crippen LogP contribution in [0.3, 0.4) is 0 Å². The molecule has 0 fully saturated rings. The number of aryl methyl sites for hydroxylation is 2. The number of nitrogens with one attached hydrogen (secondary N) is 2. The Morgan fingerprint density at radius 1 is 1.36 bits per heavy atom. The number of guanidine groups is 1. The first-order valence-electron chi connectivity index (χ1n) is 7.53. The Kier molecular flexibility index (Phi) is 6.32. The lowest BCUT2D eigenvalue weighted by molar-refractivity contribution is 0.632. The molecule has 0 spiro atoms.